The molecule has 1 N–H and O–H groups in total. The first kappa shape index (κ1) is 19.0. The SMILES string of the molecule is Cc1cccc(NC(=O)[C@@H](Cc2ccccc2)N2C(=O)[C@@H]3[C@H]4CC[C@@H](C4)[C@@H]3C2=O)c1. The summed E-state index contributed by atoms with van der Waals surface area (Å²) in [5, 5.41) is 2.94. The standard InChI is InChI=1S/C25H26N2O3/c1-15-6-5-9-19(12-15)26-23(28)20(13-16-7-3-2-4-8-16)27-24(29)21-17-10-11-18(14-17)22(21)25(27)30/h2-9,12,17-18,20-22H,10-11,13-14H2,1H3,(H,26,28)/t17-,18-,20+,21-,22+/m0/s1. The van der Waals surface area contributed by atoms with E-state index in [4.69, 9.17) is 0 Å². The van der Waals surface area contributed by atoms with E-state index in [0.29, 0.717) is 23.9 Å². The van der Waals surface area contributed by atoms with Gasteiger partial charge in [0.15, 0.2) is 0 Å². The second-order valence-electron chi connectivity index (χ2n) is 9.00. The minimum absolute atomic E-state index is 0.141. The molecule has 5 nitrogen and oxygen atoms in total. The maximum atomic E-state index is 13.4. The number of likely N-dealkylation sites (tertiary alicyclic amines) is 1. The third kappa shape index (κ3) is 3.13. The van der Waals surface area contributed by atoms with Crippen LogP contribution in [0.5, 0.6) is 0 Å². The highest BCUT2D eigenvalue weighted by Gasteiger charge is 2.62. The van der Waals surface area contributed by atoms with Crippen LogP contribution in [0.25, 0.3) is 0 Å². The van der Waals surface area contributed by atoms with Crippen molar-refractivity contribution in [3.05, 3.63) is 65.7 Å². The molecule has 1 heterocycles. The highest BCUT2D eigenvalue weighted by atomic mass is 16.2. The summed E-state index contributed by atoms with van der Waals surface area (Å²) in [7, 11) is 0. The maximum absolute atomic E-state index is 13.4. The van der Waals surface area contributed by atoms with Crippen molar-refractivity contribution >= 4 is 23.4 Å². The lowest BCUT2D eigenvalue weighted by atomic mass is 9.81. The molecule has 5 rings (SSSR count). The number of imide groups is 1. The molecule has 5 atom stereocenters. The van der Waals surface area contributed by atoms with E-state index in [9.17, 15) is 14.4 Å². The smallest absolute Gasteiger partial charge is 0.248 e. The average Bonchev–Trinajstić information content (AvgIpc) is 3.41. The van der Waals surface area contributed by atoms with Crippen molar-refractivity contribution in [3.63, 3.8) is 0 Å². The summed E-state index contributed by atoms with van der Waals surface area (Å²) in [5.74, 6) is -0.423. The van der Waals surface area contributed by atoms with Crippen LogP contribution in [-0.4, -0.2) is 28.7 Å². The van der Waals surface area contributed by atoms with Gasteiger partial charge < -0.3 is 5.32 Å². The number of nitrogens with one attached hydrogen (secondary N) is 1. The number of hydrogen-bond acceptors (Lipinski definition) is 3. The zero-order chi connectivity index (χ0) is 20.8. The Balaban J connectivity index is 1.46. The van der Waals surface area contributed by atoms with Crippen molar-refractivity contribution in [1.29, 1.82) is 0 Å². The minimum Gasteiger partial charge on any atom is -0.324 e. The third-order valence-electron chi connectivity index (χ3n) is 7.13. The number of nitrogens with zero attached hydrogens (tertiary/aromatic N) is 1. The number of amides is 3. The Morgan fingerprint density at radius 1 is 1.00 bits per heavy atom. The number of anilines is 1. The first-order valence-corrected chi connectivity index (χ1v) is 10.8. The van der Waals surface area contributed by atoms with E-state index < -0.39 is 6.04 Å². The second-order valence-corrected chi connectivity index (χ2v) is 9.00. The zero-order valence-electron chi connectivity index (χ0n) is 17.1. The summed E-state index contributed by atoms with van der Waals surface area (Å²) in [5.41, 5.74) is 2.65. The highest BCUT2D eigenvalue weighted by molar-refractivity contribution is 6.10. The molecular formula is C25H26N2O3. The van der Waals surface area contributed by atoms with E-state index in [0.717, 1.165) is 30.4 Å². The van der Waals surface area contributed by atoms with Crippen molar-refractivity contribution in [2.24, 2.45) is 23.7 Å². The summed E-state index contributed by atoms with van der Waals surface area (Å²) < 4.78 is 0. The molecule has 3 amide bonds. The van der Waals surface area contributed by atoms with Crippen LogP contribution < -0.4 is 5.32 Å². The Bertz CT molecular complexity index is 974. The monoisotopic (exact) mass is 402 g/mol. The minimum atomic E-state index is -0.835. The van der Waals surface area contributed by atoms with E-state index in [1.165, 1.54) is 4.90 Å². The number of aryl methyl sites for hydroxylation is 1. The van der Waals surface area contributed by atoms with Gasteiger partial charge in [0.1, 0.15) is 6.04 Å². The molecule has 1 aliphatic heterocycles. The molecule has 0 radical (unpaired) electrons. The number of carbonyl (C=O) groups is 3. The summed E-state index contributed by atoms with van der Waals surface area (Å²) in [4.78, 5) is 41.4. The van der Waals surface area contributed by atoms with E-state index in [1.807, 2.05) is 61.5 Å². The van der Waals surface area contributed by atoms with E-state index >= 15 is 0 Å². The molecule has 5 heteroatoms. The molecule has 2 aliphatic carbocycles. The fourth-order valence-corrected chi connectivity index (χ4v) is 5.83. The molecule has 0 aromatic heterocycles. The molecule has 2 aromatic rings. The maximum Gasteiger partial charge on any atom is 0.248 e. The van der Waals surface area contributed by atoms with Crippen LogP contribution in [0.4, 0.5) is 5.69 Å². The quantitative estimate of drug-likeness (QED) is 0.778. The van der Waals surface area contributed by atoms with Crippen LogP contribution in [0.3, 0.4) is 0 Å². The van der Waals surface area contributed by atoms with Gasteiger partial charge in [0.05, 0.1) is 11.8 Å². The van der Waals surface area contributed by atoms with Crippen LogP contribution in [0.1, 0.15) is 30.4 Å². The largest absolute Gasteiger partial charge is 0.324 e. The number of fused-ring (bicyclic) bond motifs is 5. The fraction of sp³-hybridized carbons (Fsp3) is 0.400. The third-order valence-corrected chi connectivity index (χ3v) is 7.13. The van der Waals surface area contributed by atoms with Crippen LogP contribution in [-0.2, 0) is 20.8 Å². The van der Waals surface area contributed by atoms with Crippen molar-refractivity contribution in [2.75, 3.05) is 5.32 Å². The lowest BCUT2D eigenvalue weighted by Crippen LogP contribution is -2.49. The Hall–Kier alpha value is -2.95. The van der Waals surface area contributed by atoms with Gasteiger partial charge in [-0.1, -0.05) is 42.5 Å². The molecule has 3 aliphatic rings. The number of hydrogen-bond donors (Lipinski definition) is 1. The molecule has 2 bridgehead atoms. The molecule has 0 unspecified atom stereocenters. The molecule has 0 spiro atoms. The molecule has 3 fully saturated rings. The number of rotatable bonds is 5. The molecule has 154 valence electrons. The predicted molar refractivity (Wildman–Crippen MR) is 113 cm³/mol. The van der Waals surface area contributed by atoms with Crippen LogP contribution in [0.2, 0.25) is 0 Å². The lowest BCUT2D eigenvalue weighted by Gasteiger charge is -2.27. The van der Waals surface area contributed by atoms with E-state index in [1.54, 1.807) is 0 Å². The van der Waals surface area contributed by atoms with Crippen molar-refractivity contribution in [2.45, 2.75) is 38.6 Å². The summed E-state index contributed by atoms with van der Waals surface area (Å²) in [6, 6.07) is 16.3. The van der Waals surface area contributed by atoms with Crippen molar-refractivity contribution in [3.8, 4) is 0 Å². The topological polar surface area (TPSA) is 66.5 Å². The first-order chi connectivity index (χ1) is 14.5. The van der Waals surface area contributed by atoms with Crippen LogP contribution in [0, 0.1) is 30.6 Å². The average molecular weight is 402 g/mol. The summed E-state index contributed by atoms with van der Waals surface area (Å²) in [6.45, 7) is 1.96. The van der Waals surface area contributed by atoms with Gasteiger partial charge in [0, 0.05) is 12.1 Å². The Morgan fingerprint density at radius 3 is 2.30 bits per heavy atom. The first-order valence-electron chi connectivity index (χ1n) is 10.8. The van der Waals surface area contributed by atoms with Gasteiger partial charge in [-0.25, -0.2) is 0 Å². The normalized spacial score (nSPS) is 28.0. The van der Waals surface area contributed by atoms with Gasteiger partial charge in [-0.3, -0.25) is 19.3 Å². The predicted octanol–water partition coefficient (Wildman–Crippen LogP) is 3.58. The molecule has 2 aromatic carbocycles. The zero-order valence-corrected chi connectivity index (χ0v) is 17.1. The van der Waals surface area contributed by atoms with Gasteiger partial charge in [-0.2, -0.15) is 0 Å². The van der Waals surface area contributed by atoms with E-state index in [-0.39, 0.29) is 29.6 Å². The highest BCUT2D eigenvalue weighted by Crippen LogP contribution is 2.56. The molecule has 2 saturated carbocycles. The lowest BCUT2D eigenvalue weighted by molar-refractivity contribution is -0.147. The van der Waals surface area contributed by atoms with Crippen molar-refractivity contribution in [1.82, 2.24) is 4.90 Å². The van der Waals surface area contributed by atoms with Gasteiger partial charge in [-0.15, -0.1) is 0 Å². The van der Waals surface area contributed by atoms with Gasteiger partial charge in [0.2, 0.25) is 17.7 Å². The van der Waals surface area contributed by atoms with E-state index in [2.05, 4.69) is 5.32 Å². The fourth-order valence-electron chi connectivity index (χ4n) is 5.83. The molecule has 30 heavy (non-hydrogen) atoms. The Kier molecular flexibility index (Phi) is 4.69. The van der Waals surface area contributed by atoms with Gasteiger partial charge >= 0.3 is 0 Å². The van der Waals surface area contributed by atoms with Gasteiger partial charge in [-0.05, 0) is 61.3 Å². The number of benzene rings is 2. The summed E-state index contributed by atoms with van der Waals surface area (Å²) >= 11 is 0. The van der Waals surface area contributed by atoms with Crippen LogP contribution >= 0.6 is 0 Å². The molecule has 1 saturated heterocycles. The Morgan fingerprint density at radius 2 is 1.67 bits per heavy atom. The van der Waals surface area contributed by atoms with Crippen LogP contribution in [0.15, 0.2) is 54.6 Å². The van der Waals surface area contributed by atoms with Crippen molar-refractivity contribution < 1.29 is 14.4 Å². The van der Waals surface area contributed by atoms with Gasteiger partial charge in [0.25, 0.3) is 0 Å². The molecular weight excluding hydrogens is 376 g/mol. The second kappa shape index (κ2) is 7.38. The summed E-state index contributed by atoms with van der Waals surface area (Å²) in [6.07, 6.45) is 3.36. The Labute approximate surface area is 176 Å². The number of carbonyl (C=O) groups excluding carboxylic acids is 3.